The number of halogens is 2. The van der Waals surface area contributed by atoms with E-state index in [9.17, 15) is 9.18 Å². The van der Waals surface area contributed by atoms with Gasteiger partial charge in [0.05, 0.1) is 23.9 Å². The third-order valence-electron chi connectivity index (χ3n) is 2.16. The second-order valence-corrected chi connectivity index (χ2v) is 3.90. The molecule has 0 fully saturated rings. The third kappa shape index (κ3) is 4.89. The largest absolute Gasteiger partial charge is 0.380 e. The number of carbonyl (C=O) groups excluding carboxylic acids is 1. The summed E-state index contributed by atoms with van der Waals surface area (Å²) in [6.45, 7) is 3.34. The second kappa shape index (κ2) is 7.89. The molecule has 18 heavy (non-hydrogen) atoms. The number of hydrogen-bond donors (Lipinski definition) is 2. The minimum atomic E-state index is -0.482. The summed E-state index contributed by atoms with van der Waals surface area (Å²) in [5.41, 5.74) is 0.138. The van der Waals surface area contributed by atoms with E-state index in [1.54, 1.807) is 6.07 Å². The molecule has 100 valence electrons. The predicted octanol–water partition coefficient (Wildman–Crippen LogP) is 2.04. The van der Waals surface area contributed by atoms with Crippen molar-refractivity contribution in [1.29, 1.82) is 0 Å². The number of rotatable bonds is 7. The van der Waals surface area contributed by atoms with E-state index in [2.05, 4.69) is 10.6 Å². The Morgan fingerprint density at radius 2 is 2.28 bits per heavy atom. The number of anilines is 1. The zero-order valence-corrected chi connectivity index (χ0v) is 10.9. The Labute approximate surface area is 110 Å². The molecular weight excluding hydrogens is 259 g/mol. The van der Waals surface area contributed by atoms with Gasteiger partial charge in [-0.2, -0.15) is 0 Å². The van der Waals surface area contributed by atoms with Crippen LogP contribution in [0.1, 0.15) is 6.92 Å². The van der Waals surface area contributed by atoms with Gasteiger partial charge < -0.3 is 15.4 Å². The van der Waals surface area contributed by atoms with Crippen molar-refractivity contribution in [2.75, 3.05) is 31.6 Å². The van der Waals surface area contributed by atoms with Crippen LogP contribution in [0.3, 0.4) is 0 Å². The van der Waals surface area contributed by atoms with Gasteiger partial charge >= 0.3 is 0 Å². The molecular formula is C12H16ClFN2O2. The molecule has 6 heteroatoms. The van der Waals surface area contributed by atoms with Crippen molar-refractivity contribution in [3.8, 4) is 0 Å². The Hall–Kier alpha value is -1.33. The molecule has 0 aromatic heterocycles. The zero-order chi connectivity index (χ0) is 13.4. The average molecular weight is 275 g/mol. The summed E-state index contributed by atoms with van der Waals surface area (Å²) in [4.78, 5) is 11.4. The number of ether oxygens (including phenoxy) is 1. The fourth-order valence-corrected chi connectivity index (χ4v) is 1.53. The van der Waals surface area contributed by atoms with Gasteiger partial charge in [0.2, 0.25) is 5.91 Å². The van der Waals surface area contributed by atoms with Crippen molar-refractivity contribution in [3.05, 3.63) is 29.0 Å². The van der Waals surface area contributed by atoms with E-state index in [0.29, 0.717) is 19.8 Å². The first kappa shape index (κ1) is 14.7. The van der Waals surface area contributed by atoms with Crippen LogP contribution in [0, 0.1) is 5.82 Å². The Bertz CT molecular complexity index is 381. The third-order valence-corrected chi connectivity index (χ3v) is 2.48. The molecule has 1 amide bonds. The number of hydrogen-bond acceptors (Lipinski definition) is 3. The van der Waals surface area contributed by atoms with E-state index in [0.717, 1.165) is 0 Å². The highest BCUT2D eigenvalue weighted by Crippen LogP contribution is 2.23. The van der Waals surface area contributed by atoms with Crippen LogP contribution in [0.25, 0.3) is 0 Å². The van der Waals surface area contributed by atoms with Gasteiger partial charge in [-0.25, -0.2) is 4.39 Å². The molecule has 4 nitrogen and oxygen atoms in total. The number of carbonyl (C=O) groups is 1. The molecule has 0 aliphatic carbocycles. The maximum absolute atomic E-state index is 13.4. The van der Waals surface area contributed by atoms with Crippen LogP contribution in [0.5, 0.6) is 0 Å². The molecule has 0 saturated heterocycles. The van der Waals surface area contributed by atoms with E-state index >= 15 is 0 Å². The van der Waals surface area contributed by atoms with Gasteiger partial charge in [-0.1, -0.05) is 17.7 Å². The van der Waals surface area contributed by atoms with Crippen molar-refractivity contribution in [2.24, 2.45) is 0 Å². The van der Waals surface area contributed by atoms with Crippen LogP contribution in [-0.2, 0) is 9.53 Å². The summed E-state index contributed by atoms with van der Waals surface area (Å²) in [7, 11) is 0. The van der Waals surface area contributed by atoms with Crippen LogP contribution < -0.4 is 10.6 Å². The Balaban J connectivity index is 2.34. The van der Waals surface area contributed by atoms with E-state index in [4.69, 9.17) is 16.3 Å². The lowest BCUT2D eigenvalue weighted by molar-refractivity contribution is -0.119. The van der Waals surface area contributed by atoms with E-state index < -0.39 is 5.82 Å². The molecule has 2 N–H and O–H groups in total. The topological polar surface area (TPSA) is 50.4 Å². The molecule has 0 bridgehead atoms. The van der Waals surface area contributed by atoms with Crippen LogP contribution >= 0.6 is 11.6 Å². The number of nitrogens with one attached hydrogen (secondary N) is 2. The molecule has 1 aromatic carbocycles. The number of amides is 1. The lowest BCUT2D eigenvalue weighted by atomic mass is 10.3. The molecule has 0 atom stereocenters. The van der Waals surface area contributed by atoms with Crippen LogP contribution in [0.2, 0.25) is 5.02 Å². The van der Waals surface area contributed by atoms with Gasteiger partial charge in [-0.15, -0.1) is 0 Å². The normalized spacial score (nSPS) is 10.2. The summed E-state index contributed by atoms with van der Waals surface area (Å²) in [5, 5.41) is 5.54. The molecule has 0 aliphatic rings. The summed E-state index contributed by atoms with van der Waals surface area (Å²) in [5.74, 6) is -0.723. The second-order valence-electron chi connectivity index (χ2n) is 3.50. The fraction of sp³-hybridized carbons (Fsp3) is 0.417. The van der Waals surface area contributed by atoms with E-state index in [-0.39, 0.29) is 23.2 Å². The van der Waals surface area contributed by atoms with E-state index in [1.807, 2.05) is 6.92 Å². The molecule has 0 aliphatic heterocycles. The summed E-state index contributed by atoms with van der Waals surface area (Å²) in [6, 6.07) is 4.34. The van der Waals surface area contributed by atoms with Gasteiger partial charge in [0.25, 0.3) is 0 Å². The van der Waals surface area contributed by atoms with Gasteiger partial charge in [-0.05, 0) is 19.1 Å². The molecule has 1 rings (SSSR count). The van der Waals surface area contributed by atoms with Gasteiger partial charge in [-0.3, -0.25) is 4.79 Å². The number of benzene rings is 1. The predicted molar refractivity (Wildman–Crippen MR) is 69.4 cm³/mol. The van der Waals surface area contributed by atoms with Crippen molar-refractivity contribution < 1.29 is 13.9 Å². The highest BCUT2D eigenvalue weighted by Gasteiger charge is 2.07. The van der Waals surface area contributed by atoms with Crippen LogP contribution in [0.4, 0.5) is 10.1 Å². The molecule has 1 aromatic rings. The molecule has 0 saturated carbocycles. The van der Waals surface area contributed by atoms with Crippen molar-refractivity contribution in [1.82, 2.24) is 5.32 Å². The first-order valence-corrected chi connectivity index (χ1v) is 6.05. The molecule has 0 heterocycles. The Morgan fingerprint density at radius 1 is 1.50 bits per heavy atom. The lowest BCUT2D eigenvalue weighted by Gasteiger charge is -2.09. The van der Waals surface area contributed by atoms with Crippen molar-refractivity contribution >= 4 is 23.2 Å². The highest BCUT2D eigenvalue weighted by atomic mass is 35.5. The maximum atomic E-state index is 13.4. The zero-order valence-electron chi connectivity index (χ0n) is 10.1. The Morgan fingerprint density at radius 3 is 2.94 bits per heavy atom. The van der Waals surface area contributed by atoms with Gasteiger partial charge in [0, 0.05) is 13.2 Å². The lowest BCUT2D eigenvalue weighted by Crippen LogP contribution is -2.32. The van der Waals surface area contributed by atoms with Gasteiger partial charge in [0.15, 0.2) is 0 Å². The fourth-order valence-electron chi connectivity index (χ4n) is 1.30. The summed E-state index contributed by atoms with van der Waals surface area (Å²) >= 11 is 5.80. The Kier molecular flexibility index (Phi) is 6.46. The smallest absolute Gasteiger partial charge is 0.239 e. The average Bonchev–Trinajstić information content (AvgIpc) is 2.34. The first-order chi connectivity index (χ1) is 8.65. The van der Waals surface area contributed by atoms with Crippen molar-refractivity contribution in [3.63, 3.8) is 0 Å². The monoisotopic (exact) mass is 274 g/mol. The quantitative estimate of drug-likeness (QED) is 0.748. The maximum Gasteiger partial charge on any atom is 0.239 e. The molecule has 0 spiro atoms. The summed E-state index contributed by atoms with van der Waals surface area (Å²) < 4.78 is 18.4. The highest BCUT2D eigenvalue weighted by molar-refractivity contribution is 6.33. The van der Waals surface area contributed by atoms with E-state index in [1.165, 1.54) is 12.1 Å². The minimum Gasteiger partial charge on any atom is -0.380 e. The van der Waals surface area contributed by atoms with Crippen molar-refractivity contribution in [2.45, 2.75) is 6.92 Å². The molecule has 0 radical (unpaired) electrons. The molecule has 0 unspecified atom stereocenters. The SMILES string of the molecule is CCOCCNC(=O)CNc1c(F)cccc1Cl. The minimum absolute atomic E-state index is 0.0349. The first-order valence-electron chi connectivity index (χ1n) is 5.67. The summed E-state index contributed by atoms with van der Waals surface area (Å²) in [6.07, 6.45) is 0. The van der Waals surface area contributed by atoms with Crippen LogP contribution in [0.15, 0.2) is 18.2 Å². The number of para-hydroxylation sites is 1. The van der Waals surface area contributed by atoms with Gasteiger partial charge in [0.1, 0.15) is 5.82 Å². The standard InChI is InChI=1S/C12H16ClFN2O2/c1-2-18-7-6-15-11(17)8-16-12-9(13)4-3-5-10(12)14/h3-5,16H,2,6-8H2,1H3,(H,15,17). The van der Waals surface area contributed by atoms with Crippen LogP contribution in [-0.4, -0.2) is 32.2 Å².